The van der Waals surface area contributed by atoms with Gasteiger partial charge < -0.3 is 4.55 Å². The molecule has 0 heterocycles. The molecular weight excluding hydrogens is 395 g/mol. The van der Waals surface area contributed by atoms with E-state index in [-0.39, 0.29) is 42.1 Å². The maximum atomic E-state index is 10.8. The maximum absolute atomic E-state index is 10.8. The van der Waals surface area contributed by atoms with Crippen molar-refractivity contribution in [2.24, 2.45) is 5.92 Å². The van der Waals surface area contributed by atoms with Gasteiger partial charge >= 0.3 is 29.6 Å². The number of rotatable bonds is 22. The van der Waals surface area contributed by atoms with Crippen LogP contribution >= 0.6 is 0 Å². The zero-order valence-corrected chi connectivity index (χ0v) is 22.6. The Morgan fingerprint density at radius 2 is 0.931 bits per heavy atom. The topological polar surface area (TPSA) is 66.4 Å². The molecule has 0 radical (unpaired) electrons. The fourth-order valence-electron chi connectivity index (χ4n) is 3.80. The van der Waals surface area contributed by atoms with Gasteiger partial charge in [-0.2, -0.15) is 0 Å². The van der Waals surface area contributed by atoms with Gasteiger partial charge in [-0.25, -0.2) is 8.42 Å². The van der Waals surface area contributed by atoms with Crippen LogP contribution in [0.5, 0.6) is 0 Å². The zero-order chi connectivity index (χ0) is 20.9. The molecule has 0 aromatic rings. The second-order valence-corrected chi connectivity index (χ2v) is 9.49. The number of hydrogen-bond donors (Lipinski definition) is 0. The molecule has 0 amide bonds. The Kier molecular flexibility index (Phi) is 26.0. The molecule has 1 unspecified atom stereocenters. The van der Waals surface area contributed by atoms with E-state index >= 15 is 0 Å². The van der Waals surface area contributed by atoms with E-state index in [0.717, 1.165) is 25.7 Å². The molecule has 0 N–H and O–H groups in total. The summed E-state index contributed by atoms with van der Waals surface area (Å²) in [6, 6.07) is 0. The van der Waals surface area contributed by atoms with Crippen molar-refractivity contribution >= 4 is 10.4 Å². The van der Waals surface area contributed by atoms with Crippen LogP contribution in [0.25, 0.3) is 0 Å². The van der Waals surface area contributed by atoms with Crippen LogP contribution < -0.4 is 29.6 Å². The van der Waals surface area contributed by atoms with Crippen molar-refractivity contribution in [2.75, 3.05) is 6.61 Å². The second-order valence-electron chi connectivity index (χ2n) is 8.44. The largest absolute Gasteiger partial charge is 1.00 e. The molecule has 4 nitrogen and oxygen atoms in total. The van der Waals surface area contributed by atoms with Gasteiger partial charge in [-0.05, 0) is 18.8 Å². The SMILES string of the molecule is CCCCCCCCCCCCCC(CCCCCCCC)COS(=O)(=O)[O-].[Na+]. The average Bonchev–Trinajstić information content (AvgIpc) is 2.65. The standard InChI is InChI=1S/C23H48O4S.Na/c1-3-5-7-9-11-12-13-14-15-17-19-21-23(22-27-28(24,25)26)20-18-16-10-8-6-4-2;/h23H,3-22H2,1-2H3,(H,24,25,26);/q;+1/p-1. The summed E-state index contributed by atoms with van der Waals surface area (Å²) in [5.41, 5.74) is 0. The van der Waals surface area contributed by atoms with E-state index in [1.165, 1.54) is 96.3 Å². The molecule has 29 heavy (non-hydrogen) atoms. The molecular formula is C23H47NaO4S. The Labute approximate surface area is 204 Å². The minimum Gasteiger partial charge on any atom is -0.726 e. The van der Waals surface area contributed by atoms with E-state index in [9.17, 15) is 13.0 Å². The first-order chi connectivity index (χ1) is 13.5. The van der Waals surface area contributed by atoms with Crippen LogP contribution in [0.4, 0.5) is 0 Å². The average molecular weight is 443 g/mol. The van der Waals surface area contributed by atoms with Gasteiger partial charge in [-0.3, -0.25) is 4.18 Å². The monoisotopic (exact) mass is 442 g/mol. The predicted molar refractivity (Wildman–Crippen MR) is 118 cm³/mol. The van der Waals surface area contributed by atoms with Gasteiger partial charge in [0.2, 0.25) is 10.4 Å². The Bertz CT molecular complexity index is 415. The van der Waals surface area contributed by atoms with Crippen molar-refractivity contribution in [3.8, 4) is 0 Å². The molecule has 0 aliphatic rings. The molecule has 0 aliphatic carbocycles. The molecule has 0 spiro atoms. The summed E-state index contributed by atoms with van der Waals surface area (Å²) in [6.45, 7) is 4.53. The Morgan fingerprint density at radius 3 is 1.24 bits per heavy atom. The molecule has 0 aliphatic heterocycles. The first kappa shape index (κ1) is 32.1. The second kappa shape index (κ2) is 23.5. The summed E-state index contributed by atoms with van der Waals surface area (Å²) in [5.74, 6) is 0.202. The van der Waals surface area contributed by atoms with Crippen molar-refractivity contribution in [3.63, 3.8) is 0 Å². The fourth-order valence-corrected chi connectivity index (χ4v) is 4.16. The van der Waals surface area contributed by atoms with Crippen molar-refractivity contribution < 1.29 is 46.7 Å². The van der Waals surface area contributed by atoms with E-state index in [1.54, 1.807) is 0 Å². The van der Waals surface area contributed by atoms with Gasteiger partial charge in [0.15, 0.2) is 0 Å². The third-order valence-electron chi connectivity index (χ3n) is 5.63. The van der Waals surface area contributed by atoms with Gasteiger partial charge in [0.25, 0.3) is 0 Å². The molecule has 0 saturated heterocycles. The zero-order valence-electron chi connectivity index (χ0n) is 19.8. The number of hydrogen-bond acceptors (Lipinski definition) is 4. The first-order valence-electron chi connectivity index (χ1n) is 12.1. The van der Waals surface area contributed by atoms with Gasteiger partial charge in [-0.1, -0.05) is 123 Å². The predicted octanol–water partition coefficient (Wildman–Crippen LogP) is 4.54. The molecule has 6 heteroatoms. The van der Waals surface area contributed by atoms with E-state index in [4.69, 9.17) is 0 Å². The third kappa shape index (κ3) is 26.8. The molecule has 0 saturated carbocycles. The normalized spacial score (nSPS) is 12.7. The van der Waals surface area contributed by atoms with Gasteiger partial charge in [0, 0.05) is 0 Å². The minimum absolute atomic E-state index is 0. The summed E-state index contributed by atoms with van der Waals surface area (Å²) >= 11 is 0. The first-order valence-corrected chi connectivity index (χ1v) is 13.4. The van der Waals surface area contributed by atoms with Crippen molar-refractivity contribution in [2.45, 2.75) is 136 Å². The molecule has 1 atom stereocenters. The van der Waals surface area contributed by atoms with Crippen LogP contribution in [0.15, 0.2) is 0 Å². The quantitative estimate of drug-likeness (QED) is 0.107. The van der Waals surface area contributed by atoms with Crippen LogP contribution in [0, 0.1) is 5.92 Å². The molecule has 170 valence electrons. The van der Waals surface area contributed by atoms with Crippen molar-refractivity contribution in [1.29, 1.82) is 0 Å². The van der Waals surface area contributed by atoms with E-state index in [1.807, 2.05) is 0 Å². The summed E-state index contributed by atoms with van der Waals surface area (Å²) in [4.78, 5) is 0. The van der Waals surface area contributed by atoms with Crippen molar-refractivity contribution in [1.82, 2.24) is 0 Å². The van der Waals surface area contributed by atoms with Crippen LogP contribution in [0.3, 0.4) is 0 Å². The van der Waals surface area contributed by atoms with E-state index < -0.39 is 10.4 Å². The van der Waals surface area contributed by atoms with Crippen LogP contribution in [0.1, 0.15) is 136 Å². The molecule has 0 aromatic carbocycles. The third-order valence-corrected chi connectivity index (χ3v) is 6.05. The van der Waals surface area contributed by atoms with E-state index in [2.05, 4.69) is 18.0 Å². The summed E-state index contributed by atoms with van der Waals surface area (Å²) < 4.78 is 36.9. The maximum Gasteiger partial charge on any atom is 1.00 e. The molecule has 0 aromatic heterocycles. The van der Waals surface area contributed by atoms with Crippen molar-refractivity contribution in [3.05, 3.63) is 0 Å². The molecule has 0 bridgehead atoms. The smallest absolute Gasteiger partial charge is 0.726 e. The van der Waals surface area contributed by atoms with Gasteiger partial charge in [-0.15, -0.1) is 0 Å². The Hall–Kier alpha value is 0.870. The fraction of sp³-hybridized carbons (Fsp3) is 1.00. The molecule has 0 fully saturated rings. The summed E-state index contributed by atoms with van der Waals surface area (Å²) in [5, 5.41) is 0. The summed E-state index contributed by atoms with van der Waals surface area (Å²) in [7, 11) is -4.57. The minimum atomic E-state index is -4.57. The summed E-state index contributed by atoms with van der Waals surface area (Å²) in [6.07, 6.45) is 23.7. The number of unbranched alkanes of at least 4 members (excludes halogenated alkanes) is 15. The van der Waals surface area contributed by atoms with Crippen LogP contribution in [-0.2, 0) is 14.6 Å². The van der Waals surface area contributed by atoms with Crippen LogP contribution in [0.2, 0.25) is 0 Å². The van der Waals surface area contributed by atoms with Gasteiger partial charge in [0.1, 0.15) is 0 Å². The Balaban J connectivity index is 0. The van der Waals surface area contributed by atoms with E-state index in [0.29, 0.717) is 0 Å². The Morgan fingerprint density at radius 1 is 0.621 bits per heavy atom. The van der Waals surface area contributed by atoms with Gasteiger partial charge in [0.05, 0.1) is 6.61 Å². The van der Waals surface area contributed by atoms with Crippen LogP contribution in [-0.4, -0.2) is 19.6 Å². The molecule has 0 rings (SSSR count).